The fourth-order valence-electron chi connectivity index (χ4n) is 4.28. The average molecular weight is 485 g/mol. The summed E-state index contributed by atoms with van der Waals surface area (Å²) in [6, 6.07) is 8.56. The summed E-state index contributed by atoms with van der Waals surface area (Å²) in [4.78, 5) is 4.15. The number of aryl methyl sites for hydroxylation is 3. The predicted molar refractivity (Wildman–Crippen MR) is 144 cm³/mol. The van der Waals surface area contributed by atoms with Crippen LogP contribution < -0.4 is 10.3 Å². The normalized spacial score (nSPS) is 11.2. The number of hydrogen-bond acceptors (Lipinski definition) is 4. The summed E-state index contributed by atoms with van der Waals surface area (Å²) in [5, 5.41) is 0. The molecular weight excluding hydrogens is 434 g/mol. The van der Waals surface area contributed by atoms with Crippen molar-refractivity contribution in [1.29, 1.82) is 0 Å². The first kappa shape index (κ1) is 29.4. The lowest BCUT2D eigenvalue weighted by Crippen LogP contribution is -2.33. The first-order chi connectivity index (χ1) is 17.4. The maximum absolute atomic E-state index is 5.78. The Labute approximate surface area is 214 Å². The molecule has 0 atom stereocenters. The molecule has 0 saturated heterocycles. The van der Waals surface area contributed by atoms with Crippen LogP contribution in [-0.2, 0) is 28.9 Å². The van der Waals surface area contributed by atoms with Crippen molar-refractivity contribution in [1.82, 2.24) is 4.98 Å². The van der Waals surface area contributed by atoms with Crippen LogP contribution in [0.5, 0.6) is 0 Å². The third-order valence-electron chi connectivity index (χ3n) is 6.35. The zero-order valence-corrected chi connectivity index (χ0v) is 22.0. The fourth-order valence-corrected chi connectivity index (χ4v) is 4.28. The molecule has 0 aliphatic rings. The second-order valence-corrected chi connectivity index (χ2v) is 9.57. The summed E-state index contributed by atoms with van der Waals surface area (Å²) in [6.07, 6.45) is 25.0. The second-order valence-electron chi connectivity index (χ2n) is 9.57. The van der Waals surface area contributed by atoms with Crippen molar-refractivity contribution in [2.45, 2.75) is 96.4 Å². The highest BCUT2D eigenvalue weighted by Crippen LogP contribution is 2.07. The van der Waals surface area contributed by atoms with E-state index < -0.39 is 0 Å². The minimum Gasteiger partial charge on any atom is -0.381 e. The first-order valence-corrected chi connectivity index (χ1v) is 14.1. The minimum atomic E-state index is 0.808. The molecule has 0 aromatic carbocycles. The van der Waals surface area contributed by atoms with Gasteiger partial charge in [-0.05, 0) is 75.6 Å². The van der Waals surface area contributed by atoms with Crippen LogP contribution in [-0.4, -0.2) is 38.0 Å². The van der Waals surface area contributed by atoms with E-state index in [1.807, 2.05) is 18.5 Å². The molecule has 2 N–H and O–H groups in total. The lowest BCUT2D eigenvalue weighted by atomic mass is 10.1. The van der Waals surface area contributed by atoms with Crippen molar-refractivity contribution in [3.8, 4) is 0 Å². The Morgan fingerprint density at radius 3 is 1.94 bits per heavy atom. The largest absolute Gasteiger partial charge is 0.381 e. The Morgan fingerprint density at radius 2 is 1.26 bits per heavy atom. The zero-order valence-electron chi connectivity index (χ0n) is 22.0. The molecule has 2 rings (SSSR count). The van der Waals surface area contributed by atoms with E-state index in [4.69, 9.17) is 15.2 Å². The number of pyridine rings is 2. The summed E-state index contributed by atoms with van der Waals surface area (Å²) < 4.78 is 13.9. The quantitative estimate of drug-likeness (QED) is 0.159. The van der Waals surface area contributed by atoms with E-state index >= 15 is 0 Å². The molecule has 0 aliphatic carbocycles. The molecule has 0 aliphatic heterocycles. The number of nitrogens with two attached hydrogens (primary N) is 1. The number of aromatic nitrogens is 2. The molecule has 2 aromatic heterocycles. The Morgan fingerprint density at radius 1 is 0.657 bits per heavy atom. The molecule has 0 amide bonds. The van der Waals surface area contributed by atoms with E-state index in [1.165, 1.54) is 62.5 Å². The molecule has 0 unspecified atom stereocenters. The average Bonchev–Trinajstić information content (AvgIpc) is 2.89. The monoisotopic (exact) mass is 484 g/mol. The van der Waals surface area contributed by atoms with Gasteiger partial charge in [0.2, 0.25) is 0 Å². The second kappa shape index (κ2) is 21.5. The highest BCUT2D eigenvalue weighted by Gasteiger charge is 2.03. The van der Waals surface area contributed by atoms with E-state index in [2.05, 4.69) is 40.1 Å². The van der Waals surface area contributed by atoms with Gasteiger partial charge in [0, 0.05) is 56.9 Å². The van der Waals surface area contributed by atoms with Gasteiger partial charge >= 0.3 is 0 Å². The Hall–Kier alpha value is -1.82. The van der Waals surface area contributed by atoms with Gasteiger partial charge in [0.25, 0.3) is 0 Å². The van der Waals surface area contributed by atoms with Crippen molar-refractivity contribution in [2.75, 3.05) is 33.0 Å². The van der Waals surface area contributed by atoms with Gasteiger partial charge < -0.3 is 15.2 Å². The van der Waals surface area contributed by atoms with E-state index in [0.717, 1.165) is 78.0 Å². The van der Waals surface area contributed by atoms with Crippen LogP contribution in [0.4, 0.5) is 0 Å². The molecular formula is C30H50N3O2+. The van der Waals surface area contributed by atoms with Gasteiger partial charge in [-0.15, -0.1) is 0 Å². The van der Waals surface area contributed by atoms with Gasteiger partial charge in [-0.1, -0.05) is 38.2 Å². The van der Waals surface area contributed by atoms with Crippen LogP contribution in [0.3, 0.4) is 0 Å². The molecule has 0 fully saturated rings. The predicted octanol–water partition coefficient (Wildman–Crippen LogP) is 5.83. The van der Waals surface area contributed by atoms with Crippen molar-refractivity contribution in [3.05, 3.63) is 60.2 Å². The van der Waals surface area contributed by atoms with Crippen molar-refractivity contribution in [3.63, 3.8) is 0 Å². The highest BCUT2D eigenvalue weighted by atomic mass is 16.5. The molecule has 0 radical (unpaired) electrons. The standard InChI is InChI=1S/C30H50N3O2/c31-19-7-3-6-10-24-35-26-14-18-30-16-12-22-33(28-30)21-8-4-1-2-5-9-23-34-25-13-17-29-15-11-20-32-27-29/h11-12,15-16,20,22,27-28H,1-10,13-14,17-19,21,23-26,31H2/q+1. The Bertz CT molecular complexity index is 727. The Balaban J connectivity index is 1.37. The molecule has 196 valence electrons. The molecule has 35 heavy (non-hydrogen) atoms. The van der Waals surface area contributed by atoms with Crippen molar-refractivity contribution in [2.24, 2.45) is 5.73 Å². The van der Waals surface area contributed by atoms with Crippen LogP contribution in [0.2, 0.25) is 0 Å². The van der Waals surface area contributed by atoms with E-state index in [0.29, 0.717) is 0 Å². The molecule has 0 bridgehead atoms. The topological polar surface area (TPSA) is 61.2 Å². The van der Waals surface area contributed by atoms with Crippen molar-refractivity contribution < 1.29 is 14.0 Å². The molecule has 5 heteroatoms. The number of unbranched alkanes of at least 4 members (excludes halogenated alkanes) is 8. The van der Waals surface area contributed by atoms with Crippen LogP contribution >= 0.6 is 0 Å². The zero-order chi connectivity index (χ0) is 24.7. The van der Waals surface area contributed by atoms with Gasteiger partial charge in [-0.2, -0.15) is 0 Å². The number of nitrogens with zero attached hydrogens (tertiary/aromatic N) is 2. The number of ether oxygens (including phenoxy) is 2. The van der Waals surface area contributed by atoms with Crippen LogP contribution in [0, 0.1) is 0 Å². The van der Waals surface area contributed by atoms with Gasteiger partial charge in [0.1, 0.15) is 6.54 Å². The molecule has 0 spiro atoms. The SMILES string of the molecule is NCCCCCCOCCCc1ccc[n+](CCCCCCCCOCCCc2cccnc2)c1. The maximum Gasteiger partial charge on any atom is 0.171 e. The summed E-state index contributed by atoms with van der Waals surface area (Å²) >= 11 is 0. The lowest BCUT2D eigenvalue weighted by molar-refractivity contribution is -0.697. The summed E-state index contributed by atoms with van der Waals surface area (Å²) in [7, 11) is 0. The number of rotatable bonds is 23. The van der Waals surface area contributed by atoms with E-state index in [-0.39, 0.29) is 0 Å². The summed E-state index contributed by atoms with van der Waals surface area (Å²) in [5.74, 6) is 0. The highest BCUT2D eigenvalue weighted by molar-refractivity contribution is 5.08. The molecule has 2 aromatic rings. The third kappa shape index (κ3) is 16.5. The minimum absolute atomic E-state index is 0.808. The van der Waals surface area contributed by atoms with Crippen molar-refractivity contribution >= 4 is 0 Å². The van der Waals surface area contributed by atoms with Crippen LogP contribution in [0.25, 0.3) is 0 Å². The number of hydrogen-bond donors (Lipinski definition) is 1. The van der Waals surface area contributed by atoms with Gasteiger partial charge in [-0.3, -0.25) is 4.98 Å². The summed E-state index contributed by atoms with van der Waals surface area (Å²) in [6.45, 7) is 5.43. The Kier molecular flexibility index (Phi) is 18.0. The smallest absolute Gasteiger partial charge is 0.171 e. The third-order valence-corrected chi connectivity index (χ3v) is 6.35. The maximum atomic E-state index is 5.78. The fraction of sp³-hybridized carbons (Fsp3) is 0.667. The van der Waals surface area contributed by atoms with E-state index in [9.17, 15) is 0 Å². The molecule has 0 saturated carbocycles. The van der Waals surface area contributed by atoms with Gasteiger partial charge in [0.05, 0.1) is 0 Å². The van der Waals surface area contributed by atoms with Gasteiger partial charge in [-0.25, -0.2) is 4.57 Å². The van der Waals surface area contributed by atoms with E-state index in [1.54, 1.807) is 0 Å². The first-order valence-electron chi connectivity index (χ1n) is 14.1. The molecule has 2 heterocycles. The molecule has 5 nitrogen and oxygen atoms in total. The van der Waals surface area contributed by atoms with Crippen LogP contribution in [0.15, 0.2) is 49.1 Å². The lowest BCUT2D eigenvalue weighted by Gasteiger charge is -2.05. The van der Waals surface area contributed by atoms with Crippen LogP contribution in [0.1, 0.15) is 88.2 Å². The summed E-state index contributed by atoms with van der Waals surface area (Å²) in [5.41, 5.74) is 8.24. The van der Waals surface area contributed by atoms with Gasteiger partial charge in [0.15, 0.2) is 12.4 Å².